The molecule has 1 amide bonds. The third kappa shape index (κ3) is 4.93. The Kier molecular flexibility index (Phi) is 6.42. The molecule has 0 bridgehead atoms. The Labute approximate surface area is 150 Å². The van der Waals surface area contributed by atoms with Crippen molar-refractivity contribution >= 4 is 21.6 Å². The van der Waals surface area contributed by atoms with E-state index in [9.17, 15) is 13.2 Å². The van der Waals surface area contributed by atoms with Crippen LogP contribution in [0.3, 0.4) is 0 Å². The van der Waals surface area contributed by atoms with Gasteiger partial charge in [0.05, 0.1) is 13.7 Å². The van der Waals surface area contributed by atoms with Crippen LogP contribution < -0.4 is 10.1 Å². The Balaban J connectivity index is 2.13. The molecule has 0 spiro atoms. The minimum Gasteiger partial charge on any atom is -0.495 e. The first-order valence-electron chi connectivity index (χ1n) is 8.37. The molecule has 1 aromatic rings. The number of sulfonamides is 1. The molecule has 8 heteroatoms. The van der Waals surface area contributed by atoms with E-state index in [0.717, 1.165) is 23.8 Å². The number of hydrogen-bond acceptors (Lipinski definition) is 5. The highest BCUT2D eigenvalue weighted by Gasteiger charge is 2.23. The molecule has 2 rings (SSSR count). The van der Waals surface area contributed by atoms with Crippen molar-refractivity contribution in [2.45, 2.75) is 24.7 Å². The van der Waals surface area contributed by atoms with Crippen LogP contribution in [-0.4, -0.2) is 64.4 Å². The third-order valence-electron chi connectivity index (χ3n) is 4.31. The van der Waals surface area contributed by atoms with Crippen LogP contribution in [0.25, 0.3) is 0 Å². The predicted octanol–water partition coefficient (Wildman–Crippen LogP) is 1.62. The summed E-state index contributed by atoms with van der Waals surface area (Å²) >= 11 is 0. The normalized spacial score (nSPS) is 19.0. The number of carbonyl (C=O) groups is 1. The molecule has 1 aromatic carbocycles. The van der Waals surface area contributed by atoms with E-state index < -0.39 is 10.0 Å². The summed E-state index contributed by atoms with van der Waals surface area (Å²) in [5, 5.41) is 2.79. The molecule has 25 heavy (non-hydrogen) atoms. The van der Waals surface area contributed by atoms with Gasteiger partial charge in [-0.15, -0.1) is 0 Å². The van der Waals surface area contributed by atoms with Gasteiger partial charge in [-0.1, -0.05) is 6.92 Å². The standard InChI is InChI=1S/C17H27N3O4S/c1-13-6-5-9-20(11-13)12-17(21)18-14-7-8-15(24-4)16(10-14)25(22,23)19(2)3/h7-8,10,13H,5-6,9,11-12H2,1-4H3,(H,18,21)/t13-/m0/s1. The van der Waals surface area contributed by atoms with Crippen LogP contribution in [0.4, 0.5) is 5.69 Å². The number of rotatable bonds is 6. The lowest BCUT2D eigenvalue weighted by molar-refractivity contribution is -0.117. The van der Waals surface area contributed by atoms with Crippen LogP contribution in [-0.2, 0) is 14.8 Å². The van der Waals surface area contributed by atoms with Gasteiger partial charge in [0.25, 0.3) is 0 Å². The van der Waals surface area contributed by atoms with E-state index in [0.29, 0.717) is 18.2 Å². The smallest absolute Gasteiger partial charge is 0.246 e. The number of hydrogen-bond donors (Lipinski definition) is 1. The molecule has 1 heterocycles. The zero-order valence-electron chi connectivity index (χ0n) is 15.3. The van der Waals surface area contributed by atoms with Crippen molar-refractivity contribution in [1.82, 2.24) is 9.21 Å². The van der Waals surface area contributed by atoms with E-state index in [-0.39, 0.29) is 16.6 Å². The number of ether oxygens (including phenoxy) is 1. The average molecular weight is 369 g/mol. The lowest BCUT2D eigenvalue weighted by atomic mass is 10.0. The predicted molar refractivity (Wildman–Crippen MR) is 97.3 cm³/mol. The molecule has 1 N–H and O–H groups in total. The fraction of sp³-hybridized carbons (Fsp3) is 0.588. The number of benzene rings is 1. The summed E-state index contributed by atoms with van der Waals surface area (Å²) in [6.07, 6.45) is 2.30. The number of likely N-dealkylation sites (tertiary alicyclic amines) is 1. The number of anilines is 1. The zero-order chi connectivity index (χ0) is 18.6. The highest BCUT2D eigenvalue weighted by molar-refractivity contribution is 7.89. The summed E-state index contributed by atoms with van der Waals surface area (Å²) in [4.78, 5) is 14.5. The van der Waals surface area contributed by atoms with Crippen molar-refractivity contribution in [3.63, 3.8) is 0 Å². The molecular formula is C17H27N3O4S. The Morgan fingerprint density at radius 3 is 2.72 bits per heavy atom. The van der Waals surface area contributed by atoms with Crippen molar-refractivity contribution in [2.75, 3.05) is 46.2 Å². The average Bonchev–Trinajstić information content (AvgIpc) is 2.54. The van der Waals surface area contributed by atoms with E-state index in [1.165, 1.54) is 33.7 Å². The van der Waals surface area contributed by atoms with Gasteiger partial charge < -0.3 is 10.1 Å². The Bertz CT molecular complexity index is 719. The SMILES string of the molecule is COc1ccc(NC(=O)CN2CCC[C@H](C)C2)cc1S(=O)(=O)N(C)C. The van der Waals surface area contributed by atoms with Gasteiger partial charge >= 0.3 is 0 Å². The van der Waals surface area contributed by atoms with Crippen LogP contribution in [0.5, 0.6) is 5.75 Å². The molecule has 0 unspecified atom stereocenters. The minimum absolute atomic E-state index is 0.0318. The lowest BCUT2D eigenvalue weighted by Gasteiger charge is -2.30. The maximum absolute atomic E-state index is 12.4. The topological polar surface area (TPSA) is 79.0 Å². The molecule has 1 atom stereocenters. The van der Waals surface area contributed by atoms with Crippen LogP contribution in [0.2, 0.25) is 0 Å². The first kappa shape index (κ1) is 19.7. The highest BCUT2D eigenvalue weighted by atomic mass is 32.2. The van der Waals surface area contributed by atoms with Crippen molar-refractivity contribution in [3.8, 4) is 5.75 Å². The van der Waals surface area contributed by atoms with Gasteiger partial charge in [0.15, 0.2) is 0 Å². The number of amides is 1. The number of piperidine rings is 1. The summed E-state index contributed by atoms with van der Waals surface area (Å²) < 4.78 is 31.1. The maximum atomic E-state index is 12.4. The molecule has 140 valence electrons. The maximum Gasteiger partial charge on any atom is 0.246 e. The van der Waals surface area contributed by atoms with Gasteiger partial charge in [0, 0.05) is 26.3 Å². The number of nitrogens with zero attached hydrogens (tertiary/aromatic N) is 2. The first-order valence-corrected chi connectivity index (χ1v) is 9.81. The van der Waals surface area contributed by atoms with Crippen molar-refractivity contribution < 1.29 is 17.9 Å². The summed E-state index contributed by atoms with van der Waals surface area (Å²) in [6.45, 7) is 4.33. The summed E-state index contributed by atoms with van der Waals surface area (Å²) in [5.74, 6) is 0.698. The molecule has 0 aromatic heterocycles. The fourth-order valence-corrected chi connectivity index (χ4v) is 4.06. The molecule has 0 radical (unpaired) electrons. The Hall–Kier alpha value is -1.64. The lowest BCUT2D eigenvalue weighted by Crippen LogP contribution is -2.39. The molecule has 0 saturated carbocycles. The van der Waals surface area contributed by atoms with Gasteiger partial charge in [-0.2, -0.15) is 0 Å². The Morgan fingerprint density at radius 2 is 2.12 bits per heavy atom. The summed E-state index contributed by atoms with van der Waals surface area (Å²) in [5.41, 5.74) is 0.441. The van der Waals surface area contributed by atoms with Gasteiger partial charge in [0.2, 0.25) is 15.9 Å². The van der Waals surface area contributed by atoms with E-state index in [2.05, 4.69) is 17.1 Å². The van der Waals surface area contributed by atoms with Gasteiger partial charge in [-0.05, 0) is 43.5 Å². The molecule has 1 saturated heterocycles. The van der Waals surface area contributed by atoms with E-state index >= 15 is 0 Å². The van der Waals surface area contributed by atoms with Crippen LogP contribution in [0.15, 0.2) is 23.1 Å². The largest absolute Gasteiger partial charge is 0.495 e. The second-order valence-electron chi connectivity index (χ2n) is 6.68. The quantitative estimate of drug-likeness (QED) is 0.824. The second kappa shape index (κ2) is 8.16. The fourth-order valence-electron chi connectivity index (χ4n) is 2.99. The van der Waals surface area contributed by atoms with E-state index in [4.69, 9.17) is 4.74 Å². The zero-order valence-corrected chi connectivity index (χ0v) is 16.1. The molecule has 1 aliphatic heterocycles. The van der Waals surface area contributed by atoms with Crippen LogP contribution in [0, 0.1) is 5.92 Å². The number of methoxy groups -OCH3 is 1. The number of nitrogens with one attached hydrogen (secondary N) is 1. The van der Waals surface area contributed by atoms with Crippen LogP contribution >= 0.6 is 0 Å². The van der Waals surface area contributed by atoms with E-state index in [1.54, 1.807) is 12.1 Å². The second-order valence-corrected chi connectivity index (χ2v) is 8.80. The van der Waals surface area contributed by atoms with Gasteiger partial charge in [-0.25, -0.2) is 12.7 Å². The molecule has 1 fully saturated rings. The van der Waals surface area contributed by atoms with Crippen molar-refractivity contribution in [1.29, 1.82) is 0 Å². The Morgan fingerprint density at radius 1 is 1.40 bits per heavy atom. The monoisotopic (exact) mass is 369 g/mol. The van der Waals surface area contributed by atoms with E-state index in [1.807, 2.05) is 0 Å². The van der Waals surface area contributed by atoms with Crippen molar-refractivity contribution in [2.24, 2.45) is 5.92 Å². The molecular weight excluding hydrogens is 342 g/mol. The molecule has 7 nitrogen and oxygen atoms in total. The van der Waals surface area contributed by atoms with Gasteiger partial charge in [-0.3, -0.25) is 9.69 Å². The minimum atomic E-state index is -3.67. The molecule has 0 aliphatic carbocycles. The molecule has 1 aliphatic rings. The first-order chi connectivity index (χ1) is 11.7. The van der Waals surface area contributed by atoms with Crippen molar-refractivity contribution in [3.05, 3.63) is 18.2 Å². The number of carbonyl (C=O) groups excluding carboxylic acids is 1. The highest BCUT2D eigenvalue weighted by Crippen LogP contribution is 2.28. The summed E-state index contributed by atoms with van der Waals surface area (Å²) in [7, 11) is 0.662. The van der Waals surface area contributed by atoms with Crippen LogP contribution in [0.1, 0.15) is 19.8 Å². The third-order valence-corrected chi connectivity index (χ3v) is 6.15. The summed E-state index contributed by atoms with van der Waals surface area (Å²) in [6, 6.07) is 4.63. The van der Waals surface area contributed by atoms with Gasteiger partial charge in [0.1, 0.15) is 10.6 Å².